The van der Waals surface area contributed by atoms with Crippen LogP contribution in [0.4, 0.5) is 0 Å². The standard InChI is InChI=1S/C13H19N5O/c1-9(2)19-11-6-4-10(5-7-11)12(8-14)13-15-17-18(3)16-13/h4-7,9,12H,8,14H2,1-3H3. The van der Waals surface area contributed by atoms with Crippen LogP contribution < -0.4 is 10.5 Å². The molecule has 0 saturated heterocycles. The van der Waals surface area contributed by atoms with Crippen LogP contribution in [-0.4, -0.2) is 32.9 Å². The van der Waals surface area contributed by atoms with Crippen LogP contribution in [0.1, 0.15) is 31.2 Å². The number of nitrogens with zero attached hydrogens (tertiary/aromatic N) is 4. The molecule has 0 bridgehead atoms. The summed E-state index contributed by atoms with van der Waals surface area (Å²) in [5.74, 6) is 1.45. The molecule has 0 aliphatic carbocycles. The normalized spacial score (nSPS) is 12.7. The molecular formula is C13H19N5O. The molecule has 0 spiro atoms. The van der Waals surface area contributed by atoms with Gasteiger partial charge in [0.25, 0.3) is 0 Å². The van der Waals surface area contributed by atoms with E-state index in [0.717, 1.165) is 11.3 Å². The van der Waals surface area contributed by atoms with Gasteiger partial charge in [-0.2, -0.15) is 4.80 Å². The van der Waals surface area contributed by atoms with Gasteiger partial charge in [0.15, 0.2) is 5.82 Å². The third-order valence-electron chi connectivity index (χ3n) is 2.73. The first kappa shape index (κ1) is 13.5. The number of ether oxygens (including phenoxy) is 1. The molecule has 0 amide bonds. The van der Waals surface area contributed by atoms with Crippen molar-refractivity contribution in [2.24, 2.45) is 12.8 Å². The Bertz CT molecular complexity index is 520. The molecule has 1 aromatic heterocycles. The molecule has 1 unspecified atom stereocenters. The summed E-state index contributed by atoms with van der Waals surface area (Å²) < 4.78 is 5.61. The Kier molecular flexibility index (Phi) is 4.11. The van der Waals surface area contributed by atoms with E-state index >= 15 is 0 Å². The number of hydrogen-bond acceptors (Lipinski definition) is 5. The Hall–Kier alpha value is -1.95. The van der Waals surface area contributed by atoms with Gasteiger partial charge < -0.3 is 10.5 Å². The van der Waals surface area contributed by atoms with Crippen molar-refractivity contribution in [3.63, 3.8) is 0 Å². The summed E-state index contributed by atoms with van der Waals surface area (Å²) in [6, 6.07) is 7.86. The smallest absolute Gasteiger partial charge is 0.183 e. The quantitative estimate of drug-likeness (QED) is 0.871. The monoisotopic (exact) mass is 261 g/mol. The Labute approximate surface area is 112 Å². The predicted octanol–water partition coefficient (Wildman–Crippen LogP) is 1.09. The van der Waals surface area contributed by atoms with E-state index in [2.05, 4.69) is 15.4 Å². The van der Waals surface area contributed by atoms with Gasteiger partial charge >= 0.3 is 0 Å². The number of rotatable bonds is 5. The summed E-state index contributed by atoms with van der Waals surface area (Å²) >= 11 is 0. The van der Waals surface area contributed by atoms with E-state index in [0.29, 0.717) is 12.4 Å². The maximum absolute atomic E-state index is 5.82. The highest BCUT2D eigenvalue weighted by atomic mass is 16.5. The average Bonchev–Trinajstić information content (AvgIpc) is 2.78. The van der Waals surface area contributed by atoms with Gasteiger partial charge in [-0.15, -0.1) is 10.2 Å². The van der Waals surface area contributed by atoms with Gasteiger partial charge in [0.1, 0.15) is 5.75 Å². The van der Waals surface area contributed by atoms with Gasteiger partial charge in [-0.3, -0.25) is 0 Å². The lowest BCUT2D eigenvalue weighted by Crippen LogP contribution is -2.15. The second-order valence-electron chi connectivity index (χ2n) is 4.66. The van der Waals surface area contributed by atoms with E-state index in [1.165, 1.54) is 4.80 Å². The van der Waals surface area contributed by atoms with Crippen molar-refractivity contribution < 1.29 is 4.74 Å². The van der Waals surface area contributed by atoms with Crippen molar-refractivity contribution >= 4 is 0 Å². The highest BCUT2D eigenvalue weighted by Crippen LogP contribution is 2.23. The van der Waals surface area contributed by atoms with E-state index in [-0.39, 0.29) is 12.0 Å². The molecule has 1 heterocycles. The molecule has 6 heteroatoms. The molecule has 2 N–H and O–H groups in total. The SMILES string of the molecule is CC(C)Oc1ccc(C(CN)c2nnn(C)n2)cc1. The number of nitrogens with two attached hydrogens (primary N) is 1. The molecule has 1 aromatic carbocycles. The molecule has 0 aliphatic heterocycles. The van der Waals surface area contributed by atoms with E-state index in [1.807, 2.05) is 38.1 Å². The summed E-state index contributed by atoms with van der Waals surface area (Å²) in [4.78, 5) is 1.44. The largest absolute Gasteiger partial charge is 0.491 e. The van der Waals surface area contributed by atoms with Crippen molar-refractivity contribution in [2.75, 3.05) is 6.54 Å². The van der Waals surface area contributed by atoms with Crippen LogP contribution in [0.15, 0.2) is 24.3 Å². The van der Waals surface area contributed by atoms with Crippen LogP contribution in [-0.2, 0) is 7.05 Å². The minimum absolute atomic E-state index is 0.0400. The van der Waals surface area contributed by atoms with Gasteiger partial charge in [-0.05, 0) is 36.8 Å². The lowest BCUT2D eigenvalue weighted by Gasteiger charge is -2.13. The van der Waals surface area contributed by atoms with E-state index in [4.69, 9.17) is 10.5 Å². The zero-order valence-electron chi connectivity index (χ0n) is 11.4. The lowest BCUT2D eigenvalue weighted by molar-refractivity contribution is 0.242. The van der Waals surface area contributed by atoms with Crippen LogP contribution in [0.5, 0.6) is 5.75 Å². The second kappa shape index (κ2) is 5.79. The minimum Gasteiger partial charge on any atom is -0.491 e. The summed E-state index contributed by atoms with van der Waals surface area (Å²) in [5, 5.41) is 12.1. The highest BCUT2D eigenvalue weighted by Gasteiger charge is 2.17. The number of benzene rings is 1. The fourth-order valence-corrected chi connectivity index (χ4v) is 1.88. The summed E-state index contributed by atoms with van der Waals surface area (Å²) in [6.07, 6.45) is 0.165. The predicted molar refractivity (Wildman–Crippen MR) is 71.9 cm³/mol. The van der Waals surface area contributed by atoms with Gasteiger partial charge in [0.2, 0.25) is 0 Å². The molecule has 6 nitrogen and oxygen atoms in total. The molecule has 0 radical (unpaired) electrons. The average molecular weight is 261 g/mol. The van der Waals surface area contributed by atoms with Gasteiger partial charge in [-0.1, -0.05) is 12.1 Å². The van der Waals surface area contributed by atoms with Crippen molar-refractivity contribution in [1.29, 1.82) is 0 Å². The zero-order chi connectivity index (χ0) is 13.8. The zero-order valence-corrected chi connectivity index (χ0v) is 11.4. The number of hydrogen-bond donors (Lipinski definition) is 1. The number of aromatic nitrogens is 4. The second-order valence-corrected chi connectivity index (χ2v) is 4.66. The van der Waals surface area contributed by atoms with Gasteiger partial charge in [-0.25, -0.2) is 0 Å². The lowest BCUT2D eigenvalue weighted by atomic mass is 9.98. The van der Waals surface area contributed by atoms with Crippen LogP contribution >= 0.6 is 0 Å². The summed E-state index contributed by atoms with van der Waals surface area (Å²) in [6.45, 7) is 4.44. The third-order valence-corrected chi connectivity index (χ3v) is 2.73. The molecular weight excluding hydrogens is 242 g/mol. The highest BCUT2D eigenvalue weighted by molar-refractivity contribution is 5.32. The topological polar surface area (TPSA) is 78.9 Å². The van der Waals surface area contributed by atoms with E-state index in [1.54, 1.807) is 7.05 Å². The van der Waals surface area contributed by atoms with Gasteiger partial charge in [0, 0.05) is 6.54 Å². The third kappa shape index (κ3) is 3.29. The van der Waals surface area contributed by atoms with E-state index < -0.39 is 0 Å². The van der Waals surface area contributed by atoms with Gasteiger partial charge in [0.05, 0.1) is 19.1 Å². The molecule has 0 aliphatic rings. The van der Waals surface area contributed by atoms with Crippen molar-refractivity contribution in [1.82, 2.24) is 20.2 Å². The maximum Gasteiger partial charge on any atom is 0.183 e. The molecule has 19 heavy (non-hydrogen) atoms. The summed E-state index contributed by atoms with van der Waals surface area (Å²) in [5.41, 5.74) is 6.88. The van der Waals surface area contributed by atoms with Crippen LogP contribution in [0, 0.1) is 0 Å². The van der Waals surface area contributed by atoms with Crippen molar-refractivity contribution in [3.05, 3.63) is 35.7 Å². The molecule has 0 fully saturated rings. The fourth-order valence-electron chi connectivity index (χ4n) is 1.88. The summed E-state index contributed by atoms with van der Waals surface area (Å²) in [7, 11) is 1.74. The Morgan fingerprint density at radius 1 is 1.26 bits per heavy atom. The number of tetrazole rings is 1. The Morgan fingerprint density at radius 2 is 1.95 bits per heavy atom. The van der Waals surface area contributed by atoms with Crippen molar-refractivity contribution in [3.8, 4) is 5.75 Å². The molecule has 1 atom stereocenters. The minimum atomic E-state index is -0.0400. The maximum atomic E-state index is 5.82. The van der Waals surface area contributed by atoms with Crippen LogP contribution in [0.3, 0.4) is 0 Å². The van der Waals surface area contributed by atoms with Crippen LogP contribution in [0.25, 0.3) is 0 Å². The first-order valence-corrected chi connectivity index (χ1v) is 6.30. The Morgan fingerprint density at radius 3 is 2.42 bits per heavy atom. The molecule has 0 saturated carbocycles. The molecule has 2 aromatic rings. The van der Waals surface area contributed by atoms with E-state index in [9.17, 15) is 0 Å². The first-order valence-electron chi connectivity index (χ1n) is 6.30. The van der Waals surface area contributed by atoms with Crippen LogP contribution in [0.2, 0.25) is 0 Å². The number of aryl methyl sites for hydroxylation is 1. The Balaban J connectivity index is 2.19. The van der Waals surface area contributed by atoms with Crippen molar-refractivity contribution in [2.45, 2.75) is 25.9 Å². The molecule has 102 valence electrons. The molecule has 2 rings (SSSR count). The first-order chi connectivity index (χ1) is 9.10. The fraction of sp³-hybridized carbons (Fsp3) is 0.462.